The third-order valence-corrected chi connectivity index (χ3v) is 6.71. The highest BCUT2D eigenvalue weighted by molar-refractivity contribution is 8.26. The van der Waals surface area contributed by atoms with Crippen molar-refractivity contribution in [2.75, 3.05) is 44.2 Å². The zero-order chi connectivity index (χ0) is 21.3. The molecule has 156 valence electrons. The quantitative estimate of drug-likeness (QED) is 0.401. The molecule has 7 nitrogen and oxygen atoms in total. The van der Waals surface area contributed by atoms with Crippen LogP contribution in [-0.4, -0.2) is 68.7 Å². The number of pyridine rings is 1. The van der Waals surface area contributed by atoms with Gasteiger partial charge in [-0.1, -0.05) is 43.0 Å². The van der Waals surface area contributed by atoms with Crippen molar-refractivity contribution in [3.63, 3.8) is 0 Å². The fourth-order valence-electron chi connectivity index (χ4n) is 3.65. The zero-order valence-corrected chi connectivity index (χ0v) is 18.4. The molecular weight excluding hydrogens is 418 g/mol. The molecule has 9 heteroatoms. The van der Waals surface area contributed by atoms with Crippen molar-refractivity contribution in [1.82, 2.24) is 19.2 Å². The van der Waals surface area contributed by atoms with Crippen LogP contribution in [0, 0.1) is 0 Å². The molecule has 1 amide bonds. The summed E-state index contributed by atoms with van der Waals surface area (Å²) in [5.74, 6) is 0.417. The van der Waals surface area contributed by atoms with Crippen molar-refractivity contribution in [1.29, 1.82) is 0 Å². The lowest BCUT2D eigenvalue weighted by Crippen LogP contribution is -2.47. The molecule has 0 unspecified atom stereocenters. The molecule has 30 heavy (non-hydrogen) atoms. The molecule has 0 atom stereocenters. The number of thioether (sulfide) groups is 1. The predicted molar refractivity (Wildman–Crippen MR) is 126 cm³/mol. The molecule has 0 N–H and O–H groups in total. The molecule has 4 rings (SSSR count). The minimum atomic E-state index is -0.204. The first-order valence-electron chi connectivity index (χ1n) is 9.88. The maximum Gasteiger partial charge on any atom is 0.267 e. The molecule has 0 aromatic carbocycles. The van der Waals surface area contributed by atoms with E-state index in [0.717, 1.165) is 32.7 Å². The van der Waals surface area contributed by atoms with Crippen LogP contribution in [0.25, 0.3) is 11.7 Å². The fraction of sp³-hybridized carbons (Fsp3) is 0.333. The maximum atomic E-state index is 13.4. The Kier molecular flexibility index (Phi) is 6.03. The van der Waals surface area contributed by atoms with Crippen molar-refractivity contribution in [2.45, 2.75) is 6.92 Å². The number of rotatable bonds is 5. The summed E-state index contributed by atoms with van der Waals surface area (Å²) in [4.78, 5) is 37.4. The van der Waals surface area contributed by atoms with Gasteiger partial charge in [0, 0.05) is 38.9 Å². The average molecular weight is 442 g/mol. The van der Waals surface area contributed by atoms with Crippen LogP contribution < -0.4 is 10.5 Å². The molecule has 0 aliphatic carbocycles. The smallest absolute Gasteiger partial charge is 0.267 e. The lowest BCUT2D eigenvalue weighted by molar-refractivity contribution is -0.121. The van der Waals surface area contributed by atoms with E-state index in [-0.39, 0.29) is 11.5 Å². The topological polar surface area (TPSA) is 61.2 Å². The highest BCUT2D eigenvalue weighted by Crippen LogP contribution is 2.33. The van der Waals surface area contributed by atoms with Crippen LogP contribution in [0.3, 0.4) is 0 Å². The Bertz CT molecular complexity index is 1100. The third kappa shape index (κ3) is 3.80. The molecular formula is C21H23N5O2S2. The average Bonchev–Trinajstić information content (AvgIpc) is 3.03. The second-order valence-corrected chi connectivity index (χ2v) is 8.76. The van der Waals surface area contributed by atoms with E-state index >= 15 is 0 Å². The summed E-state index contributed by atoms with van der Waals surface area (Å²) in [6.07, 6.45) is 4.99. The van der Waals surface area contributed by atoms with Crippen LogP contribution in [-0.2, 0) is 4.79 Å². The standard InChI is InChI=1S/C21H23N5O2S2/c1-3-8-26-20(28)16(30-21(26)29)14-15-18(24-12-10-23(4-2)11-13-24)22-17-7-5-6-9-25(17)19(15)27/h3,5-7,9,14H,1,4,8,10-13H2,2H3/b16-14-. The number of likely N-dealkylation sites (N-methyl/N-ethyl adjacent to an activating group) is 1. The van der Waals surface area contributed by atoms with E-state index in [1.807, 2.05) is 12.1 Å². The first-order chi connectivity index (χ1) is 14.5. The summed E-state index contributed by atoms with van der Waals surface area (Å²) in [7, 11) is 0. The molecule has 2 aromatic heterocycles. The highest BCUT2D eigenvalue weighted by Gasteiger charge is 2.32. The fourth-order valence-corrected chi connectivity index (χ4v) is 4.91. The van der Waals surface area contributed by atoms with Gasteiger partial charge in [-0.25, -0.2) is 4.98 Å². The number of carbonyl (C=O) groups excluding carboxylic acids is 1. The largest absolute Gasteiger partial charge is 0.353 e. The Labute approximate surface area is 184 Å². The van der Waals surface area contributed by atoms with Gasteiger partial charge in [0.25, 0.3) is 11.5 Å². The molecule has 0 spiro atoms. The van der Waals surface area contributed by atoms with E-state index in [4.69, 9.17) is 17.2 Å². The molecule has 2 fully saturated rings. The van der Waals surface area contributed by atoms with E-state index in [2.05, 4.69) is 23.3 Å². The second-order valence-electron chi connectivity index (χ2n) is 7.09. The zero-order valence-electron chi connectivity index (χ0n) is 16.8. The van der Waals surface area contributed by atoms with Crippen molar-refractivity contribution >= 4 is 51.7 Å². The molecule has 2 aliphatic rings. The number of hydrogen-bond donors (Lipinski definition) is 0. The van der Waals surface area contributed by atoms with Gasteiger partial charge in [-0.3, -0.25) is 18.9 Å². The number of piperazine rings is 1. The lowest BCUT2D eigenvalue weighted by atomic mass is 10.2. The van der Waals surface area contributed by atoms with E-state index in [1.54, 1.807) is 24.4 Å². The van der Waals surface area contributed by atoms with Crippen LogP contribution in [0.2, 0.25) is 0 Å². The Morgan fingerprint density at radius 2 is 2.00 bits per heavy atom. The van der Waals surface area contributed by atoms with Crippen LogP contribution >= 0.6 is 24.0 Å². The van der Waals surface area contributed by atoms with Gasteiger partial charge in [-0.05, 0) is 24.8 Å². The van der Waals surface area contributed by atoms with E-state index < -0.39 is 0 Å². The lowest BCUT2D eigenvalue weighted by Gasteiger charge is -2.35. The van der Waals surface area contributed by atoms with Crippen LogP contribution in [0.4, 0.5) is 5.82 Å². The number of carbonyl (C=O) groups is 1. The van der Waals surface area contributed by atoms with Gasteiger partial charge in [-0.15, -0.1) is 6.58 Å². The molecule has 0 bridgehead atoms. The predicted octanol–water partition coefficient (Wildman–Crippen LogP) is 2.22. The first-order valence-corrected chi connectivity index (χ1v) is 11.1. The third-order valence-electron chi connectivity index (χ3n) is 5.33. The first kappa shape index (κ1) is 20.8. The number of aromatic nitrogens is 2. The normalized spacial score (nSPS) is 19.3. The highest BCUT2D eigenvalue weighted by atomic mass is 32.2. The van der Waals surface area contributed by atoms with Gasteiger partial charge >= 0.3 is 0 Å². The van der Waals surface area contributed by atoms with Crippen molar-refractivity contribution in [3.8, 4) is 0 Å². The Morgan fingerprint density at radius 3 is 2.70 bits per heavy atom. The van der Waals surface area contributed by atoms with Crippen LogP contribution in [0.15, 0.2) is 46.8 Å². The van der Waals surface area contributed by atoms with Gasteiger partial charge in [0.2, 0.25) is 0 Å². The number of thiocarbonyl (C=S) groups is 1. The van der Waals surface area contributed by atoms with Crippen LogP contribution in [0.5, 0.6) is 0 Å². The van der Waals surface area contributed by atoms with Gasteiger partial charge in [-0.2, -0.15) is 0 Å². The number of amides is 1. The monoisotopic (exact) mass is 441 g/mol. The van der Waals surface area contributed by atoms with Gasteiger partial charge < -0.3 is 9.80 Å². The minimum absolute atomic E-state index is 0.192. The number of nitrogens with zero attached hydrogens (tertiary/aromatic N) is 5. The molecule has 2 aliphatic heterocycles. The number of anilines is 1. The molecule has 0 saturated carbocycles. The second kappa shape index (κ2) is 8.71. The molecule has 2 saturated heterocycles. The Morgan fingerprint density at radius 1 is 1.23 bits per heavy atom. The van der Waals surface area contributed by atoms with Crippen molar-refractivity contribution in [2.24, 2.45) is 0 Å². The van der Waals surface area contributed by atoms with E-state index in [9.17, 15) is 9.59 Å². The van der Waals surface area contributed by atoms with Crippen molar-refractivity contribution < 1.29 is 4.79 Å². The van der Waals surface area contributed by atoms with Crippen molar-refractivity contribution in [3.05, 3.63) is 57.9 Å². The van der Waals surface area contributed by atoms with Gasteiger partial charge in [0.05, 0.1) is 10.5 Å². The summed E-state index contributed by atoms with van der Waals surface area (Å²) in [5.41, 5.74) is 0.817. The minimum Gasteiger partial charge on any atom is -0.353 e. The number of fused-ring (bicyclic) bond motifs is 1. The van der Waals surface area contributed by atoms with Gasteiger partial charge in [0.15, 0.2) is 0 Å². The van der Waals surface area contributed by atoms with E-state index in [1.165, 1.54) is 21.1 Å². The summed E-state index contributed by atoms with van der Waals surface area (Å²) in [5, 5.41) is 0. The summed E-state index contributed by atoms with van der Waals surface area (Å²) in [6, 6.07) is 5.48. The summed E-state index contributed by atoms with van der Waals surface area (Å²) >= 11 is 6.54. The SMILES string of the molecule is C=CCN1C(=O)/C(=C/c2c(N3CCN(CC)CC3)nc3ccccn3c2=O)SC1=S. The van der Waals surface area contributed by atoms with E-state index in [0.29, 0.717) is 32.8 Å². The summed E-state index contributed by atoms with van der Waals surface area (Å²) in [6.45, 7) is 10.6. The maximum absolute atomic E-state index is 13.4. The summed E-state index contributed by atoms with van der Waals surface area (Å²) < 4.78 is 1.99. The van der Waals surface area contributed by atoms with Gasteiger partial charge in [0.1, 0.15) is 15.8 Å². The molecule has 4 heterocycles. The van der Waals surface area contributed by atoms with Crippen LogP contribution in [0.1, 0.15) is 12.5 Å². The Balaban J connectivity index is 1.81. The molecule has 2 aromatic rings. The number of hydrogen-bond acceptors (Lipinski definition) is 7. The molecule has 0 radical (unpaired) electrons. The Hall–Kier alpha value is -2.49.